The molecule has 0 bridgehead atoms. The predicted octanol–water partition coefficient (Wildman–Crippen LogP) is 2.28. The monoisotopic (exact) mass is 442 g/mol. The zero-order chi connectivity index (χ0) is 19.5. The van der Waals surface area contributed by atoms with Crippen LogP contribution in [0.2, 0.25) is 0 Å². The van der Waals surface area contributed by atoms with Gasteiger partial charge in [0.1, 0.15) is 5.69 Å². The number of aryl methyl sites for hydroxylation is 1. The summed E-state index contributed by atoms with van der Waals surface area (Å²) in [5, 5.41) is 4.11. The van der Waals surface area contributed by atoms with Crippen molar-refractivity contribution in [3.8, 4) is 0 Å². The molecule has 1 aliphatic heterocycles. The minimum absolute atomic E-state index is 0.0538. The van der Waals surface area contributed by atoms with E-state index in [1.54, 1.807) is 12.4 Å². The lowest BCUT2D eigenvalue weighted by Gasteiger charge is -2.34. The average molecular weight is 443 g/mol. The molecule has 0 radical (unpaired) electrons. The summed E-state index contributed by atoms with van der Waals surface area (Å²) in [6.07, 6.45) is 3.55. The Labute approximate surface area is 172 Å². The molecule has 8 heteroatoms. The molecule has 3 aromatic rings. The van der Waals surface area contributed by atoms with Crippen molar-refractivity contribution >= 4 is 38.7 Å². The van der Waals surface area contributed by atoms with Gasteiger partial charge in [0, 0.05) is 69.6 Å². The zero-order valence-corrected chi connectivity index (χ0v) is 17.4. The van der Waals surface area contributed by atoms with Gasteiger partial charge in [-0.25, -0.2) is 9.97 Å². The molecule has 1 N–H and O–H groups in total. The SMILES string of the molecule is Cn1c(C(=O)NCCN2CCN(c3ncccn3)CC2)c(Br)c2ccccc21. The Balaban J connectivity index is 1.30. The van der Waals surface area contributed by atoms with Crippen molar-refractivity contribution in [2.24, 2.45) is 7.05 Å². The fraction of sp³-hybridized carbons (Fsp3) is 0.350. The molecule has 2 aromatic heterocycles. The number of nitrogens with one attached hydrogen (secondary N) is 1. The number of para-hydroxylation sites is 1. The minimum Gasteiger partial charge on any atom is -0.349 e. The molecule has 4 rings (SSSR count). The molecule has 1 fully saturated rings. The van der Waals surface area contributed by atoms with Crippen LogP contribution in [0.4, 0.5) is 5.95 Å². The van der Waals surface area contributed by atoms with Crippen LogP contribution in [0.3, 0.4) is 0 Å². The van der Waals surface area contributed by atoms with Gasteiger partial charge in [-0.2, -0.15) is 0 Å². The molecule has 146 valence electrons. The number of halogens is 1. The lowest BCUT2D eigenvalue weighted by atomic mass is 10.2. The van der Waals surface area contributed by atoms with Gasteiger partial charge in [-0.1, -0.05) is 18.2 Å². The van der Waals surface area contributed by atoms with E-state index in [4.69, 9.17) is 0 Å². The average Bonchev–Trinajstić information content (AvgIpc) is 3.00. The highest BCUT2D eigenvalue weighted by molar-refractivity contribution is 9.10. The summed E-state index contributed by atoms with van der Waals surface area (Å²) in [7, 11) is 1.92. The number of nitrogens with zero attached hydrogens (tertiary/aromatic N) is 5. The van der Waals surface area contributed by atoms with Gasteiger partial charge < -0.3 is 14.8 Å². The van der Waals surface area contributed by atoms with Crippen molar-refractivity contribution in [3.05, 3.63) is 52.9 Å². The second-order valence-corrected chi connectivity index (χ2v) is 7.67. The molecule has 1 aliphatic rings. The fourth-order valence-corrected chi connectivity index (χ4v) is 4.42. The third-order valence-electron chi connectivity index (χ3n) is 5.18. The normalized spacial score (nSPS) is 15.1. The molecule has 28 heavy (non-hydrogen) atoms. The van der Waals surface area contributed by atoms with Crippen LogP contribution in [0, 0.1) is 0 Å². The molecule has 1 amide bonds. The number of carbonyl (C=O) groups is 1. The van der Waals surface area contributed by atoms with Crippen LogP contribution in [0.25, 0.3) is 10.9 Å². The van der Waals surface area contributed by atoms with Gasteiger partial charge in [0.25, 0.3) is 5.91 Å². The number of amides is 1. The first-order valence-corrected chi connectivity index (χ1v) is 10.2. The van der Waals surface area contributed by atoms with E-state index in [-0.39, 0.29) is 5.91 Å². The largest absolute Gasteiger partial charge is 0.349 e. The minimum atomic E-state index is -0.0538. The molecule has 0 atom stereocenters. The van der Waals surface area contributed by atoms with E-state index in [1.165, 1.54) is 0 Å². The van der Waals surface area contributed by atoms with Gasteiger partial charge >= 0.3 is 0 Å². The molecule has 1 saturated heterocycles. The van der Waals surface area contributed by atoms with Crippen LogP contribution < -0.4 is 10.2 Å². The van der Waals surface area contributed by atoms with Crippen LogP contribution in [0.15, 0.2) is 47.2 Å². The second kappa shape index (κ2) is 8.28. The summed E-state index contributed by atoms with van der Waals surface area (Å²) in [5.74, 6) is 0.734. The van der Waals surface area contributed by atoms with E-state index in [1.807, 2.05) is 41.9 Å². The highest BCUT2D eigenvalue weighted by Gasteiger charge is 2.21. The van der Waals surface area contributed by atoms with Crippen LogP contribution in [0.1, 0.15) is 10.5 Å². The first kappa shape index (κ1) is 18.9. The lowest BCUT2D eigenvalue weighted by molar-refractivity contribution is 0.0939. The summed E-state index contributed by atoms with van der Waals surface area (Å²) in [4.78, 5) is 25.9. The quantitative estimate of drug-likeness (QED) is 0.656. The summed E-state index contributed by atoms with van der Waals surface area (Å²) in [6.45, 7) is 5.11. The third kappa shape index (κ3) is 3.74. The number of benzene rings is 1. The van der Waals surface area contributed by atoms with Crippen molar-refractivity contribution in [3.63, 3.8) is 0 Å². The van der Waals surface area contributed by atoms with Crippen molar-refractivity contribution in [2.45, 2.75) is 0 Å². The van der Waals surface area contributed by atoms with E-state index >= 15 is 0 Å². The van der Waals surface area contributed by atoms with Gasteiger partial charge in [-0.3, -0.25) is 9.69 Å². The number of carbonyl (C=O) groups excluding carboxylic acids is 1. The van der Waals surface area contributed by atoms with E-state index in [2.05, 4.69) is 41.0 Å². The predicted molar refractivity (Wildman–Crippen MR) is 114 cm³/mol. The summed E-state index contributed by atoms with van der Waals surface area (Å²) < 4.78 is 2.78. The highest BCUT2D eigenvalue weighted by Crippen LogP contribution is 2.30. The zero-order valence-electron chi connectivity index (χ0n) is 15.8. The van der Waals surface area contributed by atoms with Gasteiger partial charge in [-0.15, -0.1) is 0 Å². The van der Waals surface area contributed by atoms with Crippen molar-refractivity contribution < 1.29 is 4.79 Å². The Morgan fingerprint density at radius 3 is 2.54 bits per heavy atom. The lowest BCUT2D eigenvalue weighted by Crippen LogP contribution is -2.49. The first-order valence-electron chi connectivity index (χ1n) is 9.40. The Bertz CT molecular complexity index is 926. The van der Waals surface area contributed by atoms with E-state index < -0.39 is 0 Å². The number of anilines is 1. The molecule has 7 nitrogen and oxygen atoms in total. The van der Waals surface area contributed by atoms with Crippen molar-refractivity contribution in [2.75, 3.05) is 44.2 Å². The Hall–Kier alpha value is -2.45. The van der Waals surface area contributed by atoms with E-state index in [0.29, 0.717) is 12.2 Å². The van der Waals surface area contributed by atoms with E-state index in [9.17, 15) is 4.79 Å². The maximum Gasteiger partial charge on any atom is 0.269 e. The molecule has 0 aliphatic carbocycles. The van der Waals surface area contributed by atoms with Gasteiger partial charge in [-0.05, 0) is 28.1 Å². The summed E-state index contributed by atoms with van der Waals surface area (Å²) in [6, 6.07) is 9.83. The summed E-state index contributed by atoms with van der Waals surface area (Å²) >= 11 is 3.59. The first-order chi connectivity index (χ1) is 13.6. The van der Waals surface area contributed by atoms with Crippen LogP contribution >= 0.6 is 15.9 Å². The third-order valence-corrected chi connectivity index (χ3v) is 5.98. The molecule has 1 aromatic carbocycles. The van der Waals surface area contributed by atoms with Crippen LogP contribution in [-0.4, -0.2) is 64.6 Å². The number of piperazine rings is 1. The summed E-state index contributed by atoms with van der Waals surface area (Å²) in [5.41, 5.74) is 1.70. The van der Waals surface area contributed by atoms with Crippen molar-refractivity contribution in [1.82, 2.24) is 24.8 Å². The topological polar surface area (TPSA) is 66.3 Å². The van der Waals surface area contributed by atoms with Crippen LogP contribution in [0.5, 0.6) is 0 Å². The molecule has 0 saturated carbocycles. The Morgan fingerprint density at radius 1 is 1.11 bits per heavy atom. The number of aromatic nitrogens is 3. The van der Waals surface area contributed by atoms with Gasteiger partial charge in [0.05, 0.1) is 4.47 Å². The molecule has 0 unspecified atom stereocenters. The van der Waals surface area contributed by atoms with E-state index in [0.717, 1.165) is 54.0 Å². The maximum atomic E-state index is 12.7. The molecule has 0 spiro atoms. The van der Waals surface area contributed by atoms with Gasteiger partial charge in [0.15, 0.2) is 0 Å². The Morgan fingerprint density at radius 2 is 1.82 bits per heavy atom. The molecular formula is C20H23BrN6O. The fourth-order valence-electron chi connectivity index (χ4n) is 3.64. The Kier molecular flexibility index (Phi) is 5.59. The smallest absolute Gasteiger partial charge is 0.269 e. The second-order valence-electron chi connectivity index (χ2n) is 6.87. The number of rotatable bonds is 5. The number of hydrogen-bond donors (Lipinski definition) is 1. The number of hydrogen-bond acceptors (Lipinski definition) is 5. The maximum absolute atomic E-state index is 12.7. The molecule has 3 heterocycles. The van der Waals surface area contributed by atoms with Gasteiger partial charge in [0.2, 0.25) is 5.95 Å². The van der Waals surface area contributed by atoms with Crippen LogP contribution in [-0.2, 0) is 7.05 Å². The number of fused-ring (bicyclic) bond motifs is 1. The highest BCUT2D eigenvalue weighted by atomic mass is 79.9. The standard InChI is InChI=1S/C20H23BrN6O/c1-25-16-6-3-2-5-15(16)17(21)18(25)19(28)22-9-10-26-11-13-27(14-12-26)20-23-7-4-8-24-20/h2-8H,9-14H2,1H3,(H,22,28). The molecular weight excluding hydrogens is 420 g/mol. The van der Waals surface area contributed by atoms with Crippen molar-refractivity contribution in [1.29, 1.82) is 0 Å².